The van der Waals surface area contributed by atoms with Crippen LogP contribution in [0.1, 0.15) is 39.9 Å². The molecule has 1 aromatic rings. The number of hydrogen-bond acceptors (Lipinski definition) is 4. The highest BCUT2D eigenvalue weighted by atomic mass is 32.1. The lowest BCUT2D eigenvalue weighted by atomic mass is 9.92. The average molecular weight is 294 g/mol. The quantitative estimate of drug-likeness (QED) is 0.908. The fourth-order valence-corrected chi connectivity index (χ4v) is 4.24. The lowest BCUT2D eigenvalue weighted by molar-refractivity contribution is 0.0578. The fourth-order valence-electron chi connectivity index (χ4n) is 3.14. The van der Waals surface area contributed by atoms with Gasteiger partial charge in [-0.25, -0.2) is 0 Å². The van der Waals surface area contributed by atoms with Crippen molar-refractivity contribution in [1.82, 2.24) is 4.90 Å². The van der Waals surface area contributed by atoms with E-state index in [1.807, 2.05) is 11.0 Å². The summed E-state index contributed by atoms with van der Waals surface area (Å²) in [6, 6.07) is 2.22. The molecule has 0 bridgehead atoms. The Labute approximate surface area is 123 Å². The normalized spacial score (nSPS) is 26.4. The molecule has 1 aromatic heterocycles. The fraction of sp³-hybridized carbons (Fsp3) is 0.667. The molecule has 2 unspecified atom stereocenters. The number of nitrogens with two attached hydrogens (primary N) is 1. The zero-order valence-corrected chi connectivity index (χ0v) is 12.7. The summed E-state index contributed by atoms with van der Waals surface area (Å²) < 4.78 is 5.45. The highest BCUT2D eigenvalue weighted by molar-refractivity contribution is 7.14. The average Bonchev–Trinajstić information content (AvgIpc) is 2.90. The summed E-state index contributed by atoms with van der Waals surface area (Å²) in [7, 11) is 0. The van der Waals surface area contributed by atoms with Crippen molar-refractivity contribution in [1.29, 1.82) is 0 Å². The lowest BCUT2D eigenvalue weighted by Gasteiger charge is -2.37. The Balaban J connectivity index is 1.79. The third kappa shape index (κ3) is 2.62. The Hall–Kier alpha value is -0.910. The Bertz CT molecular complexity index is 477. The standard InChI is InChI=1S/C15H22N2O2S/c1-10-2-4-17(12(6-10)8-16)15(18)14-7-11-9-19-5-3-13(11)20-14/h7,10,12H,2-6,8-9,16H2,1H3. The number of thiophene rings is 1. The Morgan fingerprint density at radius 3 is 3.20 bits per heavy atom. The Kier molecular flexibility index (Phi) is 4.10. The number of likely N-dealkylation sites (tertiary alicyclic amines) is 1. The van der Waals surface area contributed by atoms with E-state index in [-0.39, 0.29) is 11.9 Å². The van der Waals surface area contributed by atoms with Gasteiger partial charge in [0.2, 0.25) is 0 Å². The molecular formula is C15H22N2O2S. The van der Waals surface area contributed by atoms with Crippen molar-refractivity contribution in [2.24, 2.45) is 11.7 Å². The monoisotopic (exact) mass is 294 g/mol. The van der Waals surface area contributed by atoms with Crippen LogP contribution in [0, 0.1) is 5.92 Å². The molecular weight excluding hydrogens is 272 g/mol. The number of carbonyl (C=O) groups excluding carboxylic acids is 1. The molecule has 2 aliphatic heterocycles. The maximum atomic E-state index is 12.7. The van der Waals surface area contributed by atoms with E-state index in [9.17, 15) is 4.79 Å². The first-order chi connectivity index (χ1) is 9.69. The molecule has 0 aromatic carbocycles. The first-order valence-corrected chi connectivity index (χ1v) is 8.21. The molecule has 0 saturated carbocycles. The van der Waals surface area contributed by atoms with Crippen LogP contribution in [0.5, 0.6) is 0 Å². The largest absolute Gasteiger partial charge is 0.376 e. The summed E-state index contributed by atoms with van der Waals surface area (Å²) in [6.45, 7) is 5.06. The van der Waals surface area contributed by atoms with Crippen molar-refractivity contribution in [3.05, 3.63) is 21.4 Å². The van der Waals surface area contributed by atoms with E-state index in [0.29, 0.717) is 19.1 Å². The first-order valence-electron chi connectivity index (χ1n) is 7.39. The van der Waals surface area contributed by atoms with Gasteiger partial charge in [0.05, 0.1) is 18.1 Å². The predicted octanol–water partition coefficient (Wildman–Crippen LogP) is 2.02. The van der Waals surface area contributed by atoms with E-state index in [0.717, 1.165) is 37.3 Å². The minimum absolute atomic E-state index is 0.159. The van der Waals surface area contributed by atoms with Crippen molar-refractivity contribution in [3.8, 4) is 0 Å². The van der Waals surface area contributed by atoms with Gasteiger partial charge in [-0.3, -0.25) is 4.79 Å². The number of hydrogen-bond donors (Lipinski definition) is 1. The van der Waals surface area contributed by atoms with Crippen LogP contribution in [0.15, 0.2) is 6.07 Å². The predicted molar refractivity (Wildman–Crippen MR) is 80.0 cm³/mol. The summed E-state index contributed by atoms with van der Waals surface area (Å²) in [6.07, 6.45) is 3.04. The minimum Gasteiger partial charge on any atom is -0.376 e. The number of amides is 1. The zero-order valence-electron chi connectivity index (χ0n) is 11.9. The molecule has 4 nitrogen and oxygen atoms in total. The van der Waals surface area contributed by atoms with E-state index in [1.165, 1.54) is 10.4 Å². The van der Waals surface area contributed by atoms with E-state index in [4.69, 9.17) is 10.5 Å². The smallest absolute Gasteiger partial charge is 0.264 e. The number of piperidine rings is 1. The van der Waals surface area contributed by atoms with Crippen LogP contribution < -0.4 is 5.73 Å². The molecule has 3 heterocycles. The molecule has 0 spiro atoms. The van der Waals surface area contributed by atoms with Gasteiger partial charge in [0.1, 0.15) is 0 Å². The number of ether oxygens (including phenoxy) is 1. The summed E-state index contributed by atoms with van der Waals surface area (Å²) in [5.74, 6) is 0.823. The van der Waals surface area contributed by atoms with Crippen molar-refractivity contribution < 1.29 is 9.53 Å². The van der Waals surface area contributed by atoms with Gasteiger partial charge in [0, 0.05) is 30.4 Å². The molecule has 1 saturated heterocycles. The molecule has 2 atom stereocenters. The van der Waals surface area contributed by atoms with Gasteiger partial charge < -0.3 is 15.4 Å². The van der Waals surface area contributed by atoms with Crippen molar-refractivity contribution in [2.45, 2.75) is 38.8 Å². The molecule has 2 aliphatic rings. The topological polar surface area (TPSA) is 55.6 Å². The van der Waals surface area contributed by atoms with Gasteiger partial charge in [-0.2, -0.15) is 0 Å². The first kappa shape index (κ1) is 14.0. The van der Waals surface area contributed by atoms with Crippen LogP contribution in [-0.4, -0.2) is 36.5 Å². The number of carbonyl (C=O) groups is 1. The maximum Gasteiger partial charge on any atom is 0.264 e. The van der Waals surface area contributed by atoms with Crippen LogP contribution in [0.2, 0.25) is 0 Å². The van der Waals surface area contributed by atoms with Crippen molar-refractivity contribution >= 4 is 17.2 Å². The van der Waals surface area contributed by atoms with Crippen LogP contribution in [0.25, 0.3) is 0 Å². The summed E-state index contributed by atoms with van der Waals surface area (Å²) >= 11 is 1.64. The molecule has 1 fully saturated rings. The van der Waals surface area contributed by atoms with Crippen molar-refractivity contribution in [2.75, 3.05) is 19.7 Å². The van der Waals surface area contributed by atoms with Gasteiger partial charge in [-0.1, -0.05) is 6.92 Å². The van der Waals surface area contributed by atoms with Crippen LogP contribution in [0.3, 0.4) is 0 Å². The molecule has 0 aliphatic carbocycles. The highest BCUT2D eigenvalue weighted by Gasteiger charge is 2.31. The Morgan fingerprint density at radius 1 is 1.60 bits per heavy atom. The summed E-state index contributed by atoms with van der Waals surface area (Å²) in [5.41, 5.74) is 7.05. The molecule has 3 rings (SSSR count). The molecule has 110 valence electrons. The van der Waals surface area contributed by atoms with Crippen molar-refractivity contribution in [3.63, 3.8) is 0 Å². The van der Waals surface area contributed by atoms with Gasteiger partial charge in [-0.15, -0.1) is 11.3 Å². The summed E-state index contributed by atoms with van der Waals surface area (Å²) in [4.78, 5) is 16.9. The van der Waals surface area contributed by atoms with Crippen LogP contribution in [0.4, 0.5) is 0 Å². The zero-order chi connectivity index (χ0) is 14.1. The molecule has 1 amide bonds. The SMILES string of the molecule is CC1CCN(C(=O)c2cc3c(s2)CCOC3)C(CN)C1. The summed E-state index contributed by atoms with van der Waals surface area (Å²) in [5, 5.41) is 0. The molecule has 0 radical (unpaired) electrons. The van der Waals surface area contributed by atoms with Crippen LogP contribution in [-0.2, 0) is 17.8 Å². The maximum absolute atomic E-state index is 12.7. The lowest BCUT2D eigenvalue weighted by Crippen LogP contribution is -2.49. The second-order valence-corrected chi connectivity index (χ2v) is 7.02. The molecule has 20 heavy (non-hydrogen) atoms. The highest BCUT2D eigenvalue weighted by Crippen LogP contribution is 2.30. The molecule has 2 N–H and O–H groups in total. The second-order valence-electron chi connectivity index (χ2n) is 5.88. The van der Waals surface area contributed by atoms with Gasteiger partial charge in [0.25, 0.3) is 5.91 Å². The van der Waals surface area contributed by atoms with E-state index in [1.54, 1.807) is 11.3 Å². The van der Waals surface area contributed by atoms with E-state index >= 15 is 0 Å². The third-order valence-corrected chi connectivity index (χ3v) is 5.57. The minimum atomic E-state index is 0.159. The molecule has 5 heteroatoms. The number of nitrogens with zero attached hydrogens (tertiary/aromatic N) is 1. The van der Waals surface area contributed by atoms with Crippen LogP contribution >= 0.6 is 11.3 Å². The second kappa shape index (κ2) is 5.84. The van der Waals surface area contributed by atoms with Gasteiger partial charge in [-0.05, 0) is 30.4 Å². The van der Waals surface area contributed by atoms with E-state index in [2.05, 4.69) is 6.92 Å². The van der Waals surface area contributed by atoms with Gasteiger partial charge in [0.15, 0.2) is 0 Å². The van der Waals surface area contributed by atoms with E-state index < -0.39 is 0 Å². The Morgan fingerprint density at radius 2 is 2.45 bits per heavy atom. The number of fused-ring (bicyclic) bond motifs is 1. The number of rotatable bonds is 2. The third-order valence-electron chi connectivity index (χ3n) is 4.35. The van der Waals surface area contributed by atoms with Gasteiger partial charge >= 0.3 is 0 Å².